The van der Waals surface area contributed by atoms with E-state index in [0.717, 1.165) is 44.1 Å². The highest BCUT2D eigenvalue weighted by Crippen LogP contribution is 2.34. The maximum Gasteiger partial charge on any atom is 0.123 e. The Bertz CT molecular complexity index is 887. The lowest BCUT2D eigenvalue weighted by Crippen LogP contribution is -2.46. The first-order valence-electron chi connectivity index (χ1n) is 10.6. The van der Waals surface area contributed by atoms with Crippen molar-refractivity contribution in [2.75, 3.05) is 27.3 Å². The topological polar surface area (TPSA) is 24.9 Å². The van der Waals surface area contributed by atoms with Crippen LogP contribution in [-0.2, 0) is 13.1 Å². The fourth-order valence-corrected chi connectivity index (χ4v) is 4.44. The summed E-state index contributed by atoms with van der Waals surface area (Å²) in [6.07, 6.45) is 1.34. The molecule has 30 heavy (non-hydrogen) atoms. The first kappa shape index (κ1) is 20.5. The molecule has 0 bridgehead atoms. The minimum Gasteiger partial charge on any atom is -0.496 e. The molecule has 0 atom stereocenters. The van der Waals surface area contributed by atoms with Crippen LogP contribution in [0.2, 0.25) is 0 Å². The standard InChI is InChI=1S/C26H30N2O2/c1-29-24-15-8-6-13-22(24)19-27-17-10-18-28(26(27)21-11-4-3-5-12-21)20-23-14-7-9-16-25(23)30-2/h3-9,11-16,26H,10,17-20H2,1-2H3. The minimum absolute atomic E-state index is 0.203. The third kappa shape index (κ3) is 4.50. The predicted molar refractivity (Wildman–Crippen MR) is 121 cm³/mol. The molecule has 0 radical (unpaired) electrons. The number of methoxy groups -OCH3 is 2. The molecular formula is C26H30N2O2. The molecule has 4 heteroatoms. The molecule has 0 aromatic heterocycles. The van der Waals surface area contributed by atoms with Crippen LogP contribution in [0.25, 0.3) is 0 Å². The average molecular weight is 403 g/mol. The number of rotatable bonds is 7. The highest BCUT2D eigenvalue weighted by molar-refractivity contribution is 5.35. The van der Waals surface area contributed by atoms with Gasteiger partial charge in [-0.3, -0.25) is 9.80 Å². The van der Waals surface area contributed by atoms with Gasteiger partial charge in [-0.2, -0.15) is 0 Å². The molecule has 156 valence electrons. The Morgan fingerprint density at radius 3 is 1.63 bits per heavy atom. The van der Waals surface area contributed by atoms with Crippen LogP contribution >= 0.6 is 0 Å². The lowest BCUT2D eigenvalue weighted by Gasteiger charge is -2.44. The zero-order valence-corrected chi connectivity index (χ0v) is 17.8. The number of nitrogens with zero attached hydrogens (tertiary/aromatic N) is 2. The maximum absolute atomic E-state index is 5.62. The van der Waals surface area contributed by atoms with Crippen molar-refractivity contribution in [2.24, 2.45) is 0 Å². The lowest BCUT2D eigenvalue weighted by molar-refractivity contribution is -0.00977. The molecule has 1 heterocycles. The summed E-state index contributed by atoms with van der Waals surface area (Å²) in [4.78, 5) is 5.12. The van der Waals surface area contributed by atoms with Crippen molar-refractivity contribution in [3.63, 3.8) is 0 Å². The van der Waals surface area contributed by atoms with E-state index in [2.05, 4.69) is 64.4 Å². The Morgan fingerprint density at radius 2 is 1.13 bits per heavy atom. The van der Waals surface area contributed by atoms with E-state index in [1.807, 2.05) is 24.3 Å². The van der Waals surface area contributed by atoms with Crippen LogP contribution in [0.1, 0.15) is 29.3 Å². The summed E-state index contributed by atoms with van der Waals surface area (Å²) in [5.41, 5.74) is 3.77. The molecule has 0 unspecified atom stereocenters. The predicted octanol–water partition coefficient (Wildman–Crippen LogP) is 5.11. The largest absolute Gasteiger partial charge is 0.496 e. The van der Waals surface area contributed by atoms with Crippen molar-refractivity contribution in [1.29, 1.82) is 0 Å². The average Bonchev–Trinajstić information content (AvgIpc) is 2.80. The molecule has 0 N–H and O–H groups in total. The molecule has 4 rings (SSSR count). The van der Waals surface area contributed by atoms with Gasteiger partial charge < -0.3 is 9.47 Å². The normalized spacial score (nSPS) is 15.8. The summed E-state index contributed by atoms with van der Waals surface area (Å²) < 4.78 is 11.2. The van der Waals surface area contributed by atoms with Gasteiger partial charge >= 0.3 is 0 Å². The summed E-state index contributed by atoms with van der Waals surface area (Å²) in [5.74, 6) is 1.90. The van der Waals surface area contributed by atoms with Gasteiger partial charge in [-0.05, 0) is 24.1 Å². The van der Waals surface area contributed by atoms with Crippen molar-refractivity contribution in [3.8, 4) is 11.5 Å². The SMILES string of the molecule is COc1ccccc1CN1CCCN(Cc2ccccc2OC)C1c1ccccc1. The van der Waals surface area contributed by atoms with Gasteiger partial charge in [0, 0.05) is 37.3 Å². The minimum atomic E-state index is 0.203. The molecular weight excluding hydrogens is 372 g/mol. The van der Waals surface area contributed by atoms with Gasteiger partial charge in [-0.25, -0.2) is 0 Å². The second kappa shape index (κ2) is 9.79. The first-order valence-corrected chi connectivity index (χ1v) is 10.6. The fourth-order valence-electron chi connectivity index (χ4n) is 4.44. The van der Waals surface area contributed by atoms with Gasteiger partial charge in [0.1, 0.15) is 11.5 Å². The van der Waals surface area contributed by atoms with Crippen molar-refractivity contribution in [2.45, 2.75) is 25.7 Å². The van der Waals surface area contributed by atoms with E-state index in [9.17, 15) is 0 Å². The van der Waals surface area contributed by atoms with Crippen LogP contribution in [0.3, 0.4) is 0 Å². The van der Waals surface area contributed by atoms with Crippen molar-refractivity contribution in [1.82, 2.24) is 9.80 Å². The fraction of sp³-hybridized carbons (Fsp3) is 0.308. The van der Waals surface area contributed by atoms with E-state index in [1.54, 1.807) is 14.2 Å². The van der Waals surface area contributed by atoms with Crippen LogP contribution in [0.5, 0.6) is 11.5 Å². The molecule has 0 saturated carbocycles. The summed E-state index contributed by atoms with van der Waals surface area (Å²) in [7, 11) is 3.50. The smallest absolute Gasteiger partial charge is 0.123 e. The van der Waals surface area contributed by atoms with E-state index in [4.69, 9.17) is 9.47 Å². The van der Waals surface area contributed by atoms with E-state index in [0.29, 0.717) is 0 Å². The van der Waals surface area contributed by atoms with E-state index < -0.39 is 0 Å². The zero-order chi connectivity index (χ0) is 20.8. The van der Waals surface area contributed by atoms with Crippen LogP contribution in [0.4, 0.5) is 0 Å². The molecule has 1 aliphatic heterocycles. The van der Waals surface area contributed by atoms with E-state index in [-0.39, 0.29) is 6.17 Å². The molecule has 3 aromatic carbocycles. The molecule has 0 amide bonds. The Hall–Kier alpha value is -2.82. The number of hydrogen-bond acceptors (Lipinski definition) is 4. The van der Waals surface area contributed by atoms with E-state index in [1.165, 1.54) is 16.7 Å². The second-order valence-electron chi connectivity index (χ2n) is 7.70. The van der Waals surface area contributed by atoms with Gasteiger partial charge in [-0.1, -0.05) is 66.7 Å². The molecule has 1 fully saturated rings. The number of benzene rings is 3. The number of para-hydroxylation sites is 2. The third-order valence-corrected chi connectivity index (χ3v) is 5.81. The van der Waals surface area contributed by atoms with Crippen LogP contribution in [0, 0.1) is 0 Å². The molecule has 1 aliphatic rings. The monoisotopic (exact) mass is 402 g/mol. The Morgan fingerprint density at radius 1 is 0.667 bits per heavy atom. The molecule has 0 spiro atoms. The Labute approximate surface area is 179 Å². The third-order valence-electron chi connectivity index (χ3n) is 5.81. The second-order valence-corrected chi connectivity index (χ2v) is 7.70. The van der Waals surface area contributed by atoms with Gasteiger partial charge in [0.25, 0.3) is 0 Å². The van der Waals surface area contributed by atoms with Crippen molar-refractivity contribution in [3.05, 3.63) is 95.6 Å². The van der Waals surface area contributed by atoms with E-state index >= 15 is 0 Å². The first-order chi connectivity index (χ1) is 14.8. The summed E-state index contributed by atoms with van der Waals surface area (Å²) >= 11 is 0. The lowest BCUT2D eigenvalue weighted by atomic mass is 10.0. The molecule has 0 aliphatic carbocycles. The molecule has 3 aromatic rings. The van der Waals surface area contributed by atoms with Gasteiger partial charge in [0.15, 0.2) is 0 Å². The van der Waals surface area contributed by atoms with Crippen LogP contribution in [-0.4, -0.2) is 37.1 Å². The maximum atomic E-state index is 5.62. The van der Waals surface area contributed by atoms with Gasteiger partial charge in [-0.15, -0.1) is 0 Å². The van der Waals surface area contributed by atoms with Crippen LogP contribution < -0.4 is 9.47 Å². The van der Waals surface area contributed by atoms with Crippen molar-refractivity contribution < 1.29 is 9.47 Å². The zero-order valence-electron chi connectivity index (χ0n) is 17.8. The van der Waals surface area contributed by atoms with Gasteiger partial charge in [0.05, 0.1) is 20.4 Å². The molecule has 1 saturated heterocycles. The van der Waals surface area contributed by atoms with Gasteiger partial charge in [0.2, 0.25) is 0 Å². The highest BCUT2D eigenvalue weighted by atomic mass is 16.5. The van der Waals surface area contributed by atoms with Crippen molar-refractivity contribution >= 4 is 0 Å². The quantitative estimate of drug-likeness (QED) is 0.548. The Kier molecular flexibility index (Phi) is 6.67. The molecule has 4 nitrogen and oxygen atoms in total. The number of ether oxygens (including phenoxy) is 2. The highest BCUT2D eigenvalue weighted by Gasteiger charge is 2.31. The number of hydrogen-bond donors (Lipinski definition) is 0. The summed E-state index contributed by atoms with van der Waals surface area (Å²) in [6.45, 7) is 3.82. The van der Waals surface area contributed by atoms with Crippen LogP contribution in [0.15, 0.2) is 78.9 Å². The summed E-state index contributed by atoms with van der Waals surface area (Å²) in [5, 5.41) is 0. The Balaban J connectivity index is 1.66. The summed E-state index contributed by atoms with van der Waals surface area (Å²) in [6, 6.07) is 27.5.